The van der Waals surface area contributed by atoms with Crippen LogP contribution < -0.4 is 5.73 Å². The van der Waals surface area contributed by atoms with Gasteiger partial charge in [0.15, 0.2) is 0 Å². The van der Waals surface area contributed by atoms with E-state index in [1.807, 2.05) is 29.2 Å². The van der Waals surface area contributed by atoms with Crippen LogP contribution in [0.25, 0.3) is 0 Å². The Morgan fingerprint density at radius 2 is 2.00 bits per heavy atom. The molecule has 3 nitrogen and oxygen atoms in total. The van der Waals surface area contributed by atoms with Crippen LogP contribution >= 0.6 is 0 Å². The number of carbonyl (C=O) groups is 1. The van der Waals surface area contributed by atoms with Crippen LogP contribution in [-0.2, 0) is 0 Å². The van der Waals surface area contributed by atoms with Gasteiger partial charge in [-0.15, -0.1) is 0 Å². The second-order valence-corrected chi connectivity index (χ2v) is 6.00. The van der Waals surface area contributed by atoms with E-state index in [1.54, 1.807) is 0 Å². The summed E-state index contributed by atoms with van der Waals surface area (Å²) in [5.74, 6) is 6.56. The van der Waals surface area contributed by atoms with Crippen LogP contribution in [0.5, 0.6) is 0 Å². The lowest BCUT2D eigenvalue weighted by Gasteiger charge is -2.23. The fourth-order valence-corrected chi connectivity index (χ4v) is 2.25. The highest BCUT2D eigenvalue weighted by atomic mass is 16.2. The standard InChI is InChI=1S/C18H24N2O/c1-14(2)11-13-20(17-9-10-17)18(21)16-7-5-15(6-8-16)4-3-12-19/h5-8,14,17H,9-13,19H2,1-2H3. The fraction of sp³-hybridized carbons (Fsp3) is 0.500. The van der Waals surface area contributed by atoms with Crippen LogP contribution in [0.2, 0.25) is 0 Å². The number of hydrogen-bond donors (Lipinski definition) is 1. The molecule has 112 valence electrons. The van der Waals surface area contributed by atoms with Gasteiger partial charge in [-0.05, 0) is 49.4 Å². The van der Waals surface area contributed by atoms with Gasteiger partial charge < -0.3 is 10.6 Å². The van der Waals surface area contributed by atoms with Crippen LogP contribution in [0.15, 0.2) is 24.3 Å². The molecule has 3 heteroatoms. The van der Waals surface area contributed by atoms with Crippen LogP contribution in [0.1, 0.15) is 49.0 Å². The van der Waals surface area contributed by atoms with Crippen molar-refractivity contribution < 1.29 is 4.79 Å². The molecule has 1 aliphatic rings. The van der Waals surface area contributed by atoms with Crippen molar-refractivity contribution in [2.75, 3.05) is 13.1 Å². The topological polar surface area (TPSA) is 46.3 Å². The predicted octanol–water partition coefficient (Wildman–Crippen LogP) is 2.65. The number of rotatable bonds is 5. The van der Waals surface area contributed by atoms with Crippen LogP contribution in [0, 0.1) is 17.8 Å². The molecule has 0 heterocycles. The monoisotopic (exact) mass is 284 g/mol. The van der Waals surface area contributed by atoms with E-state index in [0.717, 1.165) is 36.9 Å². The molecule has 0 aromatic heterocycles. The number of carbonyl (C=O) groups excluding carboxylic acids is 1. The first-order valence-corrected chi connectivity index (χ1v) is 7.71. The van der Waals surface area contributed by atoms with Gasteiger partial charge >= 0.3 is 0 Å². The van der Waals surface area contributed by atoms with Gasteiger partial charge in [-0.25, -0.2) is 0 Å². The molecule has 1 aromatic rings. The molecule has 1 aliphatic carbocycles. The van der Waals surface area contributed by atoms with Crippen LogP contribution in [-0.4, -0.2) is 29.9 Å². The highest BCUT2D eigenvalue weighted by Gasteiger charge is 2.32. The summed E-state index contributed by atoms with van der Waals surface area (Å²) < 4.78 is 0. The van der Waals surface area contributed by atoms with E-state index in [1.165, 1.54) is 0 Å². The first-order chi connectivity index (χ1) is 10.1. The van der Waals surface area contributed by atoms with Crippen molar-refractivity contribution >= 4 is 5.91 Å². The van der Waals surface area contributed by atoms with E-state index in [4.69, 9.17) is 5.73 Å². The summed E-state index contributed by atoms with van der Waals surface area (Å²) in [6, 6.07) is 7.97. The number of hydrogen-bond acceptors (Lipinski definition) is 2. The number of benzene rings is 1. The summed E-state index contributed by atoms with van der Waals surface area (Å²) in [5, 5.41) is 0. The average molecular weight is 284 g/mol. The van der Waals surface area contributed by atoms with Crippen molar-refractivity contribution in [3.05, 3.63) is 35.4 Å². The zero-order valence-corrected chi connectivity index (χ0v) is 12.9. The summed E-state index contributed by atoms with van der Waals surface area (Å²) >= 11 is 0. The van der Waals surface area contributed by atoms with E-state index in [-0.39, 0.29) is 5.91 Å². The van der Waals surface area contributed by atoms with Gasteiger partial charge in [-0.3, -0.25) is 4.79 Å². The Morgan fingerprint density at radius 1 is 1.33 bits per heavy atom. The Morgan fingerprint density at radius 3 is 2.52 bits per heavy atom. The zero-order chi connectivity index (χ0) is 15.2. The number of amides is 1. The lowest BCUT2D eigenvalue weighted by atomic mass is 10.1. The van der Waals surface area contributed by atoms with E-state index >= 15 is 0 Å². The highest BCUT2D eigenvalue weighted by Crippen LogP contribution is 2.29. The van der Waals surface area contributed by atoms with Gasteiger partial charge in [0.2, 0.25) is 0 Å². The summed E-state index contributed by atoms with van der Waals surface area (Å²) in [6.45, 7) is 5.60. The maximum absolute atomic E-state index is 12.6. The first-order valence-electron chi connectivity index (χ1n) is 7.71. The van der Waals surface area contributed by atoms with Gasteiger partial charge in [0.05, 0.1) is 6.54 Å². The van der Waals surface area contributed by atoms with Gasteiger partial charge in [0, 0.05) is 23.7 Å². The van der Waals surface area contributed by atoms with Crippen molar-refractivity contribution in [2.24, 2.45) is 11.7 Å². The molecule has 21 heavy (non-hydrogen) atoms. The second kappa shape index (κ2) is 7.28. The van der Waals surface area contributed by atoms with E-state index < -0.39 is 0 Å². The Bertz CT molecular complexity index is 533. The third-order valence-electron chi connectivity index (χ3n) is 3.66. The minimum absolute atomic E-state index is 0.150. The molecule has 2 N–H and O–H groups in total. The molecule has 0 atom stereocenters. The van der Waals surface area contributed by atoms with Crippen molar-refractivity contribution in [1.82, 2.24) is 4.90 Å². The highest BCUT2D eigenvalue weighted by molar-refractivity contribution is 5.94. The third kappa shape index (κ3) is 4.61. The van der Waals surface area contributed by atoms with E-state index in [9.17, 15) is 4.79 Å². The Balaban J connectivity index is 2.05. The lowest BCUT2D eigenvalue weighted by molar-refractivity contribution is 0.0735. The van der Waals surface area contributed by atoms with E-state index in [2.05, 4.69) is 25.7 Å². The SMILES string of the molecule is CC(C)CCN(C(=O)c1ccc(C#CCN)cc1)C1CC1. The maximum atomic E-state index is 12.6. The first kappa shape index (κ1) is 15.6. The Hall–Kier alpha value is -1.79. The van der Waals surface area contributed by atoms with Crippen molar-refractivity contribution in [1.29, 1.82) is 0 Å². The second-order valence-electron chi connectivity index (χ2n) is 6.00. The average Bonchev–Trinajstić information content (AvgIpc) is 3.30. The summed E-state index contributed by atoms with van der Waals surface area (Å²) in [7, 11) is 0. The van der Waals surface area contributed by atoms with Gasteiger partial charge in [-0.1, -0.05) is 25.7 Å². The number of nitrogens with two attached hydrogens (primary N) is 1. The van der Waals surface area contributed by atoms with Crippen molar-refractivity contribution in [3.8, 4) is 11.8 Å². The largest absolute Gasteiger partial charge is 0.336 e. The summed E-state index contributed by atoms with van der Waals surface area (Å²) in [4.78, 5) is 14.7. The molecule has 0 bridgehead atoms. The van der Waals surface area contributed by atoms with Crippen molar-refractivity contribution in [2.45, 2.75) is 39.2 Å². The molecular weight excluding hydrogens is 260 g/mol. The minimum Gasteiger partial charge on any atom is -0.336 e. The van der Waals surface area contributed by atoms with Crippen LogP contribution in [0.4, 0.5) is 0 Å². The number of nitrogens with zero attached hydrogens (tertiary/aromatic N) is 1. The van der Waals surface area contributed by atoms with E-state index in [0.29, 0.717) is 18.5 Å². The molecule has 0 saturated heterocycles. The molecule has 0 unspecified atom stereocenters. The molecule has 1 amide bonds. The molecule has 0 aliphatic heterocycles. The fourth-order valence-electron chi connectivity index (χ4n) is 2.25. The molecule has 1 aromatic carbocycles. The smallest absolute Gasteiger partial charge is 0.254 e. The Labute approximate surface area is 127 Å². The predicted molar refractivity (Wildman–Crippen MR) is 85.9 cm³/mol. The molecule has 1 saturated carbocycles. The van der Waals surface area contributed by atoms with Gasteiger partial charge in [-0.2, -0.15) is 0 Å². The lowest BCUT2D eigenvalue weighted by Crippen LogP contribution is -2.34. The normalized spacial score (nSPS) is 13.7. The van der Waals surface area contributed by atoms with Crippen molar-refractivity contribution in [3.63, 3.8) is 0 Å². The minimum atomic E-state index is 0.150. The molecule has 0 spiro atoms. The maximum Gasteiger partial charge on any atom is 0.254 e. The quantitative estimate of drug-likeness (QED) is 0.845. The molecule has 2 rings (SSSR count). The zero-order valence-electron chi connectivity index (χ0n) is 12.9. The Kier molecular flexibility index (Phi) is 5.41. The van der Waals surface area contributed by atoms with Gasteiger partial charge in [0.25, 0.3) is 5.91 Å². The summed E-state index contributed by atoms with van der Waals surface area (Å²) in [5.41, 5.74) is 7.01. The molecule has 1 fully saturated rings. The molecular formula is C18H24N2O. The third-order valence-corrected chi connectivity index (χ3v) is 3.66. The molecule has 0 radical (unpaired) electrons. The summed E-state index contributed by atoms with van der Waals surface area (Å²) in [6.07, 6.45) is 3.34. The van der Waals surface area contributed by atoms with Gasteiger partial charge in [0.1, 0.15) is 0 Å². The van der Waals surface area contributed by atoms with Crippen LogP contribution in [0.3, 0.4) is 0 Å².